The first-order chi connectivity index (χ1) is 5.34. The number of hydrogen-bond acceptors (Lipinski definition) is 1. The summed E-state index contributed by atoms with van der Waals surface area (Å²) in [4.78, 5) is 13.4. The summed E-state index contributed by atoms with van der Waals surface area (Å²) in [6, 6.07) is 8.95. The van der Waals surface area contributed by atoms with Gasteiger partial charge in [0.25, 0.3) is 0 Å². The number of rotatable bonds is 1. The van der Waals surface area contributed by atoms with E-state index in [4.69, 9.17) is 0 Å². The summed E-state index contributed by atoms with van der Waals surface area (Å²) >= 11 is 2.87. The second-order valence-electron chi connectivity index (χ2n) is 1.91. The molecule has 1 aromatic carbocycles. The molecule has 0 radical (unpaired) electrons. The highest BCUT2D eigenvalue weighted by molar-refractivity contribution is 9.12. The van der Waals surface area contributed by atoms with Gasteiger partial charge in [0, 0.05) is 21.5 Å². The van der Waals surface area contributed by atoms with E-state index in [0.717, 1.165) is 0 Å². The molecule has 0 bridgehead atoms. The molecule has 0 aromatic heterocycles. The van der Waals surface area contributed by atoms with Crippen LogP contribution in [0.1, 0.15) is 10.4 Å². The fraction of sp³-hybridized carbons (Fsp3) is 0. The Morgan fingerprint density at radius 3 is 2.45 bits per heavy atom. The van der Waals surface area contributed by atoms with Gasteiger partial charge in [0.15, 0.2) is 0 Å². The van der Waals surface area contributed by atoms with Crippen LogP contribution in [0.15, 0.2) is 30.3 Å². The molecule has 0 amide bonds. The Hall–Kier alpha value is -1.07. The molecular weight excluding hydrogens is 204 g/mol. The lowest BCUT2D eigenvalue weighted by Gasteiger charge is -1.89. The molecule has 11 heavy (non-hydrogen) atoms. The maximum Gasteiger partial charge on any atom is 0.236 e. The second-order valence-corrected chi connectivity index (χ2v) is 2.31. The molecule has 1 nitrogen and oxygen atoms in total. The quantitative estimate of drug-likeness (QED) is 0.512. The van der Waals surface area contributed by atoms with Crippen molar-refractivity contribution < 1.29 is 4.79 Å². The van der Waals surface area contributed by atoms with E-state index in [0.29, 0.717) is 5.56 Å². The third kappa shape index (κ3) is 2.21. The molecule has 0 fully saturated rings. The minimum Gasteiger partial charge on any atom is -0.279 e. The number of ketones is 1. The van der Waals surface area contributed by atoms with E-state index in [2.05, 4.69) is 26.7 Å². The average molecular weight is 209 g/mol. The Balaban J connectivity index is 2.92. The molecule has 0 atom stereocenters. The Kier molecular flexibility index (Phi) is 2.88. The molecule has 0 aliphatic carbocycles. The lowest BCUT2D eigenvalue weighted by Crippen LogP contribution is -1.92. The number of carbonyl (C=O) groups is 1. The van der Waals surface area contributed by atoms with Gasteiger partial charge in [-0.05, 0) is 10.8 Å². The van der Waals surface area contributed by atoms with Gasteiger partial charge >= 0.3 is 0 Å². The fourth-order valence-electron chi connectivity index (χ4n) is 0.705. The molecule has 0 aliphatic heterocycles. The predicted molar refractivity (Wildman–Crippen MR) is 47.5 cm³/mol. The zero-order chi connectivity index (χ0) is 8.10. The van der Waals surface area contributed by atoms with Crippen molar-refractivity contribution >= 4 is 21.7 Å². The molecule has 0 aliphatic rings. The highest BCUT2D eigenvalue weighted by atomic mass is 79.9. The van der Waals surface area contributed by atoms with Gasteiger partial charge in [-0.25, -0.2) is 0 Å². The highest BCUT2D eigenvalue weighted by Crippen LogP contribution is 1.98. The van der Waals surface area contributed by atoms with Gasteiger partial charge in [0.1, 0.15) is 0 Å². The number of Topliss-reactive ketones (excluding diaryl/α,β-unsaturated/α-hetero) is 1. The summed E-state index contributed by atoms with van der Waals surface area (Å²) in [6.45, 7) is 0. The van der Waals surface area contributed by atoms with Crippen molar-refractivity contribution in [3.05, 3.63) is 35.9 Å². The third-order valence-electron chi connectivity index (χ3n) is 1.20. The SMILES string of the molecule is O=C(C#CBr)c1ccccc1. The van der Waals surface area contributed by atoms with Crippen LogP contribution < -0.4 is 0 Å². The molecule has 0 N–H and O–H groups in total. The first-order valence-electron chi connectivity index (χ1n) is 3.05. The monoisotopic (exact) mass is 208 g/mol. The van der Waals surface area contributed by atoms with Crippen LogP contribution in [0.2, 0.25) is 0 Å². The van der Waals surface area contributed by atoms with Gasteiger partial charge in [-0.15, -0.1) is 0 Å². The minimum absolute atomic E-state index is 0.164. The van der Waals surface area contributed by atoms with Crippen LogP contribution in [0.4, 0.5) is 0 Å². The van der Waals surface area contributed by atoms with Gasteiger partial charge in [-0.2, -0.15) is 0 Å². The average Bonchev–Trinajstić information content (AvgIpc) is 2.07. The molecular formula is C9H5BrO. The molecule has 0 unspecified atom stereocenters. The van der Waals surface area contributed by atoms with Crippen molar-refractivity contribution in [3.63, 3.8) is 0 Å². The van der Waals surface area contributed by atoms with E-state index in [1.54, 1.807) is 12.1 Å². The summed E-state index contributed by atoms with van der Waals surface area (Å²) in [6.07, 6.45) is 0. The fourth-order valence-corrected chi connectivity index (χ4v) is 0.885. The predicted octanol–water partition coefficient (Wildman–Crippen LogP) is 2.23. The van der Waals surface area contributed by atoms with E-state index >= 15 is 0 Å². The summed E-state index contributed by atoms with van der Waals surface area (Å²) < 4.78 is 0. The van der Waals surface area contributed by atoms with Gasteiger partial charge in [-0.1, -0.05) is 30.3 Å². The molecule has 54 valence electrons. The zero-order valence-electron chi connectivity index (χ0n) is 5.67. The van der Waals surface area contributed by atoms with Crippen molar-refractivity contribution in [3.8, 4) is 10.8 Å². The van der Waals surface area contributed by atoms with Crippen LogP contribution in [0.25, 0.3) is 0 Å². The second kappa shape index (κ2) is 3.95. The molecule has 1 rings (SSSR count). The normalized spacial score (nSPS) is 8.09. The van der Waals surface area contributed by atoms with Crippen LogP contribution in [-0.2, 0) is 0 Å². The summed E-state index contributed by atoms with van der Waals surface area (Å²) in [7, 11) is 0. The minimum atomic E-state index is -0.164. The standard InChI is InChI=1S/C9H5BrO/c10-7-6-9(11)8-4-2-1-3-5-8/h1-5H. The van der Waals surface area contributed by atoms with Crippen LogP contribution >= 0.6 is 15.9 Å². The molecule has 0 saturated carbocycles. The molecule has 0 spiro atoms. The van der Waals surface area contributed by atoms with Gasteiger partial charge in [-0.3, -0.25) is 4.79 Å². The lowest BCUT2D eigenvalue weighted by atomic mass is 10.1. The molecule has 1 aromatic rings. The van der Waals surface area contributed by atoms with E-state index in [-0.39, 0.29) is 5.78 Å². The van der Waals surface area contributed by atoms with Crippen molar-refractivity contribution in [1.29, 1.82) is 0 Å². The Labute approximate surface area is 73.6 Å². The zero-order valence-corrected chi connectivity index (χ0v) is 7.26. The topological polar surface area (TPSA) is 17.1 Å². The van der Waals surface area contributed by atoms with Crippen molar-refractivity contribution in [2.45, 2.75) is 0 Å². The van der Waals surface area contributed by atoms with E-state index in [1.807, 2.05) is 18.2 Å². The van der Waals surface area contributed by atoms with Crippen LogP contribution in [-0.4, -0.2) is 5.78 Å². The summed E-state index contributed by atoms with van der Waals surface area (Å²) in [5.41, 5.74) is 0.624. The highest BCUT2D eigenvalue weighted by Gasteiger charge is 1.97. The van der Waals surface area contributed by atoms with E-state index in [9.17, 15) is 4.79 Å². The summed E-state index contributed by atoms with van der Waals surface area (Å²) in [5.74, 6) is 2.23. The summed E-state index contributed by atoms with van der Waals surface area (Å²) in [5, 5.41) is 0. The van der Waals surface area contributed by atoms with Gasteiger partial charge < -0.3 is 0 Å². The largest absolute Gasteiger partial charge is 0.279 e. The number of halogens is 1. The van der Waals surface area contributed by atoms with Crippen molar-refractivity contribution in [2.75, 3.05) is 0 Å². The maximum atomic E-state index is 11.0. The van der Waals surface area contributed by atoms with Crippen molar-refractivity contribution in [2.24, 2.45) is 0 Å². The van der Waals surface area contributed by atoms with Crippen molar-refractivity contribution in [1.82, 2.24) is 0 Å². The van der Waals surface area contributed by atoms with Gasteiger partial charge in [0.2, 0.25) is 5.78 Å². The number of carbonyl (C=O) groups excluding carboxylic acids is 1. The number of benzene rings is 1. The molecule has 0 saturated heterocycles. The Bertz CT molecular complexity index is 305. The number of hydrogen-bond donors (Lipinski definition) is 0. The first-order valence-corrected chi connectivity index (χ1v) is 3.85. The van der Waals surface area contributed by atoms with E-state index < -0.39 is 0 Å². The molecule has 2 heteroatoms. The van der Waals surface area contributed by atoms with Crippen LogP contribution in [0, 0.1) is 10.8 Å². The van der Waals surface area contributed by atoms with Crippen LogP contribution in [0.5, 0.6) is 0 Å². The maximum absolute atomic E-state index is 11.0. The van der Waals surface area contributed by atoms with Gasteiger partial charge in [0.05, 0.1) is 0 Å². The molecule has 0 heterocycles. The Morgan fingerprint density at radius 1 is 1.27 bits per heavy atom. The third-order valence-corrected chi connectivity index (χ3v) is 1.40. The Morgan fingerprint density at radius 2 is 1.91 bits per heavy atom. The van der Waals surface area contributed by atoms with E-state index in [1.165, 1.54) is 0 Å². The van der Waals surface area contributed by atoms with Crippen LogP contribution in [0.3, 0.4) is 0 Å². The lowest BCUT2D eigenvalue weighted by molar-refractivity contribution is 0.105. The smallest absolute Gasteiger partial charge is 0.236 e. The first kappa shape index (κ1) is 8.03.